The van der Waals surface area contributed by atoms with Crippen LogP contribution in [0.1, 0.15) is 5.82 Å². The van der Waals surface area contributed by atoms with E-state index in [0.717, 1.165) is 34.2 Å². The molecule has 84 valence electrons. The van der Waals surface area contributed by atoms with Crippen molar-refractivity contribution in [3.05, 3.63) is 30.1 Å². The molecule has 4 N–H and O–H groups in total. The topological polar surface area (TPSA) is 68.7 Å². The van der Waals surface area contributed by atoms with E-state index in [1.807, 2.05) is 31.3 Å². The van der Waals surface area contributed by atoms with Crippen molar-refractivity contribution in [2.24, 2.45) is 5.73 Å². The number of imidazole rings is 1. The molecule has 0 aliphatic heterocycles. The zero-order chi connectivity index (χ0) is 11.4. The largest absolute Gasteiger partial charge is 0.342 e. The lowest BCUT2D eigenvalue weighted by Gasteiger charge is -1.93. The van der Waals surface area contributed by atoms with Crippen LogP contribution < -0.4 is 10.7 Å². The van der Waals surface area contributed by atoms with Gasteiger partial charge in [-0.2, -0.15) is 0 Å². The maximum absolute atomic E-state index is 5.65. The molecule has 0 unspecified atom stereocenters. The number of hydrogen-bond acceptors (Lipinski definition) is 2. The summed E-state index contributed by atoms with van der Waals surface area (Å²) in [5, 5.41) is 0.746. The van der Waals surface area contributed by atoms with Gasteiger partial charge in [0.25, 0.3) is 0 Å². The van der Waals surface area contributed by atoms with E-state index in [1.54, 1.807) is 11.8 Å². The summed E-state index contributed by atoms with van der Waals surface area (Å²) in [6.07, 6.45) is 0.891. The van der Waals surface area contributed by atoms with E-state index < -0.39 is 0 Å². The molecule has 1 aromatic heterocycles. The normalized spacial score (nSPS) is 12.2. The van der Waals surface area contributed by atoms with E-state index in [9.17, 15) is 0 Å². The van der Waals surface area contributed by atoms with Crippen LogP contribution in [0.15, 0.2) is 24.3 Å². The number of thioether (sulfide) groups is 1. The quantitative estimate of drug-likeness (QED) is 0.512. The summed E-state index contributed by atoms with van der Waals surface area (Å²) < 4.78 is 0. The Labute approximate surface area is 98.4 Å². The minimum Gasteiger partial charge on any atom is -0.342 e. The molecular formula is C11H15N4S+. The smallest absolute Gasteiger partial charge is 0.301 e. The summed E-state index contributed by atoms with van der Waals surface area (Å²) in [6, 6.07) is 8.05. The van der Waals surface area contributed by atoms with Gasteiger partial charge in [-0.1, -0.05) is 12.1 Å². The third-order valence-electron chi connectivity index (χ3n) is 2.28. The number of hydrogen-bond donors (Lipinski definition) is 3. The van der Waals surface area contributed by atoms with Crippen LogP contribution >= 0.6 is 11.8 Å². The Morgan fingerprint density at radius 3 is 3.06 bits per heavy atom. The predicted octanol–water partition coefficient (Wildman–Crippen LogP) is -0.136. The molecule has 0 atom stereocenters. The fourth-order valence-corrected chi connectivity index (χ4v) is 2.11. The molecule has 2 aromatic rings. The first kappa shape index (κ1) is 11.0. The first-order valence-electron chi connectivity index (χ1n) is 5.16. The number of nitrogens with one attached hydrogen (secondary N) is 2. The highest BCUT2D eigenvalue weighted by Gasteiger charge is 2.03. The van der Waals surface area contributed by atoms with Crippen molar-refractivity contribution < 1.29 is 4.99 Å². The fraction of sp³-hybridized carbons (Fsp3) is 0.273. The van der Waals surface area contributed by atoms with Gasteiger partial charge in [-0.15, -0.1) is 0 Å². The van der Waals surface area contributed by atoms with Crippen molar-refractivity contribution in [2.75, 3.05) is 12.8 Å². The van der Waals surface area contributed by atoms with E-state index in [1.165, 1.54) is 0 Å². The number of para-hydroxylation sites is 2. The molecule has 0 saturated heterocycles. The van der Waals surface area contributed by atoms with Crippen molar-refractivity contribution >= 4 is 28.0 Å². The third-order valence-corrected chi connectivity index (χ3v) is 3.20. The van der Waals surface area contributed by atoms with Crippen molar-refractivity contribution in [1.29, 1.82) is 0 Å². The van der Waals surface area contributed by atoms with E-state index >= 15 is 0 Å². The molecule has 0 aliphatic rings. The second-order valence-electron chi connectivity index (χ2n) is 3.41. The summed E-state index contributed by atoms with van der Waals surface area (Å²) in [7, 11) is 1.82. The van der Waals surface area contributed by atoms with Crippen LogP contribution in [0.5, 0.6) is 0 Å². The highest BCUT2D eigenvalue weighted by atomic mass is 32.2. The van der Waals surface area contributed by atoms with Crippen LogP contribution in [-0.2, 0) is 6.42 Å². The minimum absolute atomic E-state index is 0.746. The highest BCUT2D eigenvalue weighted by molar-refractivity contribution is 8.13. The molecule has 0 fully saturated rings. The highest BCUT2D eigenvalue weighted by Crippen LogP contribution is 2.11. The second-order valence-corrected chi connectivity index (χ2v) is 4.55. The van der Waals surface area contributed by atoms with Crippen molar-refractivity contribution in [2.45, 2.75) is 6.42 Å². The summed E-state index contributed by atoms with van der Waals surface area (Å²) in [5.41, 5.74) is 7.76. The Morgan fingerprint density at radius 1 is 1.50 bits per heavy atom. The van der Waals surface area contributed by atoms with Crippen molar-refractivity contribution in [3.8, 4) is 0 Å². The van der Waals surface area contributed by atoms with Gasteiger partial charge in [0.05, 0.1) is 18.1 Å². The number of nitrogens with two attached hydrogens (primary N) is 1. The molecule has 16 heavy (non-hydrogen) atoms. The molecule has 0 saturated carbocycles. The van der Waals surface area contributed by atoms with Crippen LogP contribution in [0, 0.1) is 0 Å². The average Bonchev–Trinajstić information content (AvgIpc) is 2.71. The van der Waals surface area contributed by atoms with Gasteiger partial charge in [-0.25, -0.2) is 4.98 Å². The Kier molecular flexibility index (Phi) is 3.46. The molecule has 0 aliphatic carbocycles. The van der Waals surface area contributed by atoms with Crippen molar-refractivity contribution in [1.82, 2.24) is 9.97 Å². The number of benzene rings is 1. The van der Waals surface area contributed by atoms with E-state index in [2.05, 4.69) is 15.0 Å². The van der Waals surface area contributed by atoms with Gasteiger partial charge in [0.2, 0.25) is 0 Å². The number of nitrogens with zero attached hydrogens (tertiary/aromatic N) is 1. The molecule has 0 radical (unpaired) electrons. The minimum atomic E-state index is 0.746. The molecule has 0 spiro atoms. The van der Waals surface area contributed by atoms with Gasteiger partial charge >= 0.3 is 5.17 Å². The fourth-order valence-electron chi connectivity index (χ4n) is 1.45. The molecule has 0 bridgehead atoms. The van der Waals surface area contributed by atoms with E-state index in [-0.39, 0.29) is 0 Å². The first-order chi connectivity index (χ1) is 7.79. The predicted molar refractivity (Wildman–Crippen MR) is 68.3 cm³/mol. The van der Waals surface area contributed by atoms with Gasteiger partial charge in [0, 0.05) is 12.2 Å². The SMILES string of the molecule is C[NH+]=C(N)SCCc1nc2ccccc2[nH]1. The number of H-pyrrole nitrogens is 1. The molecule has 1 aromatic carbocycles. The number of aryl methyl sites for hydroxylation is 1. The Balaban J connectivity index is 1.99. The Hall–Kier alpha value is -1.49. The summed E-state index contributed by atoms with van der Waals surface area (Å²) >= 11 is 1.60. The number of rotatable bonds is 3. The number of aromatic amines is 1. The molecule has 4 nitrogen and oxygen atoms in total. The van der Waals surface area contributed by atoms with E-state index in [0.29, 0.717) is 0 Å². The lowest BCUT2D eigenvalue weighted by atomic mass is 10.3. The van der Waals surface area contributed by atoms with Gasteiger partial charge in [-0.3, -0.25) is 10.7 Å². The molecule has 5 heteroatoms. The zero-order valence-corrected chi connectivity index (χ0v) is 9.97. The summed E-state index contributed by atoms with van der Waals surface area (Å²) in [4.78, 5) is 10.7. The first-order valence-corrected chi connectivity index (χ1v) is 6.15. The zero-order valence-electron chi connectivity index (χ0n) is 9.16. The number of fused-ring (bicyclic) bond motifs is 1. The van der Waals surface area contributed by atoms with Crippen LogP contribution in [-0.4, -0.2) is 27.9 Å². The van der Waals surface area contributed by atoms with E-state index in [4.69, 9.17) is 5.73 Å². The summed E-state index contributed by atoms with van der Waals surface area (Å²) in [6.45, 7) is 0. The third kappa shape index (κ3) is 2.55. The molecule has 0 amide bonds. The lowest BCUT2D eigenvalue weighted by Crippen LogP contribution is -2.69. The lowest BCUT2D eigenvalue weighted by molar-refractivity contribution is -0.417. The van der Waals surface area contributed by atoms with Crippen LogP contribution in [0.3, 0.4) is 0 Å². The Bertz CT molecular complexity index is 470. The van der Waals surface area contributed by atoms with Crippen LogP contribution in [0.4, 0.5) is 0 Å². The Morgan fingerprint density at radius 2 is 2.31 bits per heavy atom. The van der Waals surface area contributed by atoms with Crippen molar-refractivity contribution in [3.63, 3.8) is 0 Å². The average molecular weight is 235 g/mol. The monoisotopic (exact) mass is 235 g/mol. The van der Waals surface area contributed by atoms with Gasteiger partial charge in [-0.05, 0) is 23.9 Å². The summed E-state index contributed by atoms with van der Waals surface area (Å²) in [5.74, 6) is 1.93. The van der Waals surface area contributed by atoms with Crippen LogP contribution in [0.2, 0.25) is 0 Å². The van der Waals surface area contributed by atoms with Gasteiger partial charge < -0.3 is 4.98 Å². The standard InChI is InChI=1S/C11H14N4S/c1-13-11(12)16-7-6-10-14-8-4-2-3-5-9(8)15-10/h2-5H,6-7H2,1H3,(H2,12,13)(H,14,15)/p+1. The van der Waals surface area contributed by atoms with Gasteiger partial charge in [0.15, 0.2) is 0 Å². The molecule has 2 rings (SSSR count). The molecule has 1 heterocycles. The number of amidine groups is 1. The maximum atomic E-state index is 5.65. The van der Waals surface area contributed by atoms with Gasteiger partial charge in [0.1, 0.15) is 5.82 Å². The molecular weight excluding hydrogens is 220 g/mol. The maximum Gasteiger partial charge on any atom is 0.301 e. The van der Waals surface area contributed by atoms with Crippen LogP contribution in [0.25, 0.3) is 11.0 Å². The second kappa shape index (κ2) is 5.03. The number of aromatic nitrogens is 2.